The highest BCUT2D eigenvalue weighted by Crippen LogP contribution is 2.22. The molecular formula is C17H20N4O3. The Morgan fingerprint density at radius 1 is 1.38 bits per heavy atom. The molecule has 24 heavy (non-hydrogen) atoms. The molecular weight excluding hydrogens is 308 g/mol. The number of hydrogen-bond donors (Lipinski definition) is 2. The second-order valence-corrected chi connectivity index (χ2v) is 5.55. The van der Waals surface area contributed by atoms with Crippen LogP contribution in [0.4, 0.5) is 5.82 Å². The van der Waals surface area contributed by atoms with E-state index in [1.165, 1.54) is 5.56 Å². The molecule has 0 spiro atoms. The molecule has 0 radical (unpaired) electrons. The summed E-state index contributed by atoms with van der Waals surface area (Å²) in [5.74, 6) is 0.971. The summed E-state index contributed by atoms with van der Waals surface area (Å²) in [5, 5.41) is 6.89. The topological polar surface area (TPSA) is 109 Å². The average Bonchev–Trinajstić information content (AvgIpc) is 3.05. The van der Waals surface area contributed by atoms with Crippen molar-refractivity contribution in [1.82, 2.24) is 14.9 Å². The van der Waals surface area contributed by atoms with Crippen LogP contribution in [0, 0.1) is 5.92 Å². The van der Waals surface area contributed by atoms with E-state index in [2.05, 4.69) is 16.0 Å². The zero-order chi connectivity index (χ0) is 17.4. The van der Waals surface area contributed by atoms with Gasteiger partial charge in [0.25, 0.3) is 12.4 Å². The molecule has 2 aromatic rings. The third-order valence-corrected chi connectivity index (χ3v) is 3.85. The molecule has 0 bridgehead atoms. The van der Waals surface area contributed by atoms with Gasteiger partial charge >= 0.3 is 0 Å². The monoisotopic (exact) mass is 328 g/mol. The van der Waals surface area contributed by atoms with Crippen LogP contribution in [0.3, 0.4) is 0 Å². The Balaban J connectivity index is 0.000000647. The van der Waals surface area contributed by atoms with Crippen molar-refractivity contribution in [3.8, 4) is 0 Å². The minimum Gasteiger partial charge on any atom is -0.483 e. The zero-order valence-electron chi connectivity index (χ0n) is 13.2. The van der Waals surface area contributed by atoms with E-state index in [9.17, 15) is 4.79 Å². The van der Waals surface area contributed by atoms with E-state index in [4.69, 9.17) is 15.6 Å². The predicted octanol–water partition coefficient (Wildman–Crippen LogP) is 1.46. The number of nitrogens with zero attached hydrogens (tertiary/aromatic N) is 3. The number of aromatic nitrogens is 2. The molecule has 1 fully saturated rings. The Morgan fingerprint density at radius 3 is 2.79 bits per heavy atom. The van der Waals surface area contributed by atoms with Crippen LogP contribution in [0.25, 0.3) is 0 Å². The first-order valence-electron chi connectivity index (χ1n) is 7.61. The van der Waals surface area contributed by atoms with Gasteiger partial charge in [-0.25, -0.2) is 4.98 Å². The number of anilines is 1. The summed E-state index contributed by atoms with van der Waals surface area (Å²) < 4.78 is 0. The molecule has 0 aromatic carbocycles. The van der Waals surface area contributed by atoms with Crippen molar-refractivity contribution >= 4 is 18.2 Å². The highest BCUT2D eigenvalue weighted by atomic mass is 16.3. The maximum absolute atomic E-state index is 12.4. The first-order chi connectivity index (χ1) is 11.6. The number of likely N-dealkylation sites (tertiary alicyclic amines) is 1. The molecule has 0 aliphatic carbocycles. The first kappa shape index (κ1) is 17.4. The predicted molar refractivity (Wildman–Crippen MR) is 89.3 cm³/mol. The largest absolute Gasteiger partial charge is 0.483 e. The van der Waals surface area contributed by atoms with E-state index in [-0.39, 0.29) is 12.4 Å². The average molecular weight is 328 g/mol. The summed E-state index contributed by atoms with van der Waals surface area (Å²) in [6.45, 7) is 1.34. The normalized spacial score (nSPS) is 16.2. The van der Waals surface area contributed by atoms with Gasteiger partial charge in [-0.15, -0.1) is 0 Å². The Hall–Kier alpha value is -2.96. The van der Waals surface area contributed by atoms with Gasteiger partial charge < -0.3 is 15.7 Å². The number of rotatable bonds is 3. The lowest BCUT2D eigenvalue weighted by molar-refractivity contribution is -0.122. The van der Waals surface area contributed by atoms with Crippen molar-refractivity contribution in [3.63, 3.8) is 0 Å². The first-order valence-corrected chi connectivity index (χ1v) is 7.61. The van der Waals surface area contributed by atoms with Gasteiger partial charge in [0, 0.05) is 31.7 Å². The van der Waals surface area contributed by atoms with E-state index in [0.29, 0.717) is 17.3 Å². The molecule has 7 nitrogen and oxygen atoms in total. The Bertz CT molecular complexity index is 661. The summed E-state index contributed by atoms with van der Waals surface area (Å²) in [6, 6.07) is 7.43. The quantitative estimate of drug-likeness (QED) is 0.826. The molecule has 1 amide bonds. The van der Waals surface area contributed by atoms with E-state index >= 15 is 0 Å². The molecule has 1 saturated heterocycles. The summed E-state index contributed by atoms with van der Waals surface area (Å²) in [5.41, 5.74) is 7.38. The molecule has 2 aromatic heterocycles. The fraction of sp³-hybridized carbons (Fsp3) is 0.294. The summed E-state index contributed by atoms with van der Waals surface area (Å²) in [7, 11) is 0. The summed E-state index contributed by atoms with van der Waals surface area (Å²) in [6.07, 6.45) is 7.23. The van der Waals surface area contributed by atoms with Crippen LogP contribution in [0.5, 0.6) is 0 Å². The summed E-state index contributed by atoms with van der Waals surface area (Å²) in [4.78, 5) is 30.8. The second-order valence-electron chi connectivity index (χ2n) is 5.55. The fourth-order valence-electron chi connectivity index (χ4n) is 2.75. The maximum Gasteiger partial charge on any atom is 0.290 e. The molecule has 1 aliphatic rings. The third kappa shape index (κ3) is 4.77. The summed E-state index contributed by atoms with van der Waals surface area (Å²) >= 11 is 0. The number of carbonyl (C=O) groups is 2. The number of amides is 1. The van der Waals surface area contributed by atoms with Crippen LogP contribution in [-0.2, 0) is 11.2 Å². The van der Waals surface area contributed by atoms with Crippen LogP contribution in [-0.4, -0.2) is 45.4 Å². The number of carbonyl (C=O) groups excluding carboxylic acids is 1. The van der Waals surface area contributed by atoms with Crippen LogP contribution >= 0.6 is 0 Å². The molecule has 1 unspecified atom stereocenters. The highest BCUT2D eigenvalue weighted by molar-refractivity contribution is 5.94. The van der Waals surface area contributed by atoms with Crippen molar-refractivity contribution in [3.05, 3.63) is 54.0 Å². The number of hydrogen-bond acceptors (Lipinski definition) is 5. The van der Waals surface area contributed by atoms with Gasteiger partial charge in [0.05, 0.1) is 5.56 Å². The van der Waals surface area contributed by atoms with Crippen LogP contribution in [0.2, 0.25) is 0 Å². The molecule has 3 heterocycles. The molecule has 7 heteroatoms. The van der Waals surface area contributed by atoms with Gasteiger partial charge in [0.15, 0.2) is 0 Å². The molecule has 3 N–H and O–H groups in total. The van der Waals surface area contributed by atoms with Gasteiger partial charge in [-0.1, -0.05) is 6.07 Å². The van der Waals surface area contributed by atoms with Crippen LogP contribution in [0.15, 0.2) is 42.9 Å². The lowest BCUT2D eigenvalue weighted by atomic mass is 10.0. The Kier molecular flexibility index (Phi) is 6.24. The van der Waals surface area contributed by atoms with Crippen LogP contribution < -0.4 is 5.73 Å². The highest BCUT2D eigenvalue weighted by Gasteiger charge is 2.27. The second kappa shape index (κ2) is 8.61. The Labute approximate surface area is 140 Å². The van der Waals surface area contributed by atoms with Crippen molar-refractivity contribution in [2.75, 3.05) is 18.8 Å². The van der Waals surface area contributed by atoms with Crippen molar-refractivity contribution in [2.24, 2.45) is 5.92 Å². The lowest BCUT2D eigenvalue weighted by Crippen LogP contribution is -2.29. The van der Waals surface area contributed by atoms with Gasteiger partial charge in [-0.3, -0.25) is 14.6 Å². The number of carboxylic acid groups (broad SMARTS) is 1. The minimum atomic E-state index is -0.250. The fourth-order valence-corrected chi connectivity index (χ4v) is 2.75. The van der Waals surface area contributed by atoms with E-state index in [1.807, 2.05) is 17.2 Å². The molecule has 3 rings (SSSR count). The molecule has 0 saturated carbocycles. The van der Waals surface area contributed by atoms with E-state index in [1.54, 1.807) is 24.5 Å². The smallest absolute Gasteiger partial charge is 0.290 e. The number of nitrogen functional groups attached to an aromatic ring is 1. The lowest BCUT2D eigenvalue weighted by Gasteiger charge is -2.16. The maximum atomic E-state index is 12.4. The van der Waals surface area contributed by atoms with Crippen molar-refractivity contribution in [1.29, 1.82) is 0 Å². The van der Waals surface area contributed by atoms with Gasteiger partial charge in [0.2, 0.25) is 0 Å². The van der Waals surface area contributed by atoms with Crippen molar-refractivity contribution in [2.45, 2.75) is 12.8 Å². The third-order valence-electron chi connectivity index (χ3n) is 3.85. The zero-order valence-corrected chi connectivity index (χ0v) is 13.2. The van der Waals surface area contributed by atoms with Gasteiger partial charge in [0.1, 0.15) is 5.82 Å². The standard InChI is InChI=1S/C16H18N4O.CH2O2/c17-15-4-3-14(10-19-15)16(21)20-7-5-13(11-20)8-12-2-1-6-18-9-12;2-1-3/h1-4,6,9-10,13H,5,7-8,11H2,(H2,17,19);1H,(H,2,3). The molecule has 1 aliphatic heterocycles. The minimum absolute atomic E-state index is 0.0381. The van der Waals surface area contributed by atoms with E-state index < -0.39 is 0 Å². The van der Waals surface area contributed by atoms with Crippen LogP contribution in [0.1, 0.15) is 22.3 Å². The number of nitrogens with two attached hydrogens (primary N) is 1. The van der Waals surface area contributed by atoms with Gasteiger partial charge in [-0.2, -0.15) is 0 Å². The van der Waals surface area contributed by atoms with E-state index in [0.717, 1.165) is 25.9 Å². The van der Waals surface area contributed by atoms with Gasteiger partial charge in [-0.05, 0) is 42.5 Å². The van der Waals surface area contributed by atoms with Crippen molar-refractivity contribution < 1.29 is 14.7 Å². The molecule has 1 atom stereocenters. The Morgan fingerprint density at radius 2 is 2.17 bits per heavy atom. The SMILES string of the molecule is Nc1ccc(C(=O)N2CCC(Cc3cccnc3)C2)cn1.O=CO. The molecule has 126 valence electrons. The number of pyridine rings is 2.